The molecule has 2 saturated heterocycles. The molecule has 2 atom stereocenters. The van der Waals surface area contributed by atoms with Crippen molar-refractivity contribution < 1.29 is 9.13 Å². The highest BCUT2D eigenvalue weighted by Gasteiger charge is 2.30. The number of likely N-dealkylation sites (N-methyl/N-ethyl adjacent to an activating group) is 1. The number of nitrogens with one attached hydrogen (secondary N) is 1. The van der Waals surface area contributed by atoms with E-state index >= 15 is 0 Å². The summed E-state index contributed by atoms with van der Waals surface area (Å²) in [6.07, 6.45) is 3.58. The van der Waals surface area contributed by atoms with Gasteiger partial charge in [-0.2, -0.15) is 15.2 Å². The molecule has 3 aliphatic heterocycles. The van der Waals surface area contributed by atoms with Crippen molar-refractivity contribution in [1.82, 2.24) is 20.2 Å². The second-order valence-corrected chi connectivity index (χ2v) is 10.6. The third-order valence-corrected chi connectivity index (χ3v) is 8.15. The molecule has 0 radical (unpaired) electrons. The summed E-state index contributed by atoms with van der Waals surface area (Å²) in [4.78, 5) is 16.8. The van der Waals surface area contributed by atoms with Gasteiger partial charge in [0.25, 0.3) is 0 Å². The van der Waals surface area contributed by atoms with Crippen LogP contribution in [-0.2, 0) is 13.0 Å². The number of rotatable bonds is 6. The SMILES string of the molecule is CN1CCC[C@H]1COc1nc2c(c(N3CCNC(CC#N)C3)n1)CCN(c1cccc3cc(F)ccc13)C2. The number of halogens is 1. The van der Waals surface area contributed by atoms with Gasteiger partial charge in [0.1, 0.15) is 18.2 Å². The molecule has 0 aliphatic carbocycles. The molecule has 0 saturated carbocycles. The number of aromatic nitrogens is 2. The van der Waals surface area contributed by atoms with Crippen LogP contribution in [0.5, 0.6) is 6.01 Å². The second kappa shape index (κ2) is 10.7. The molecule has 4 heterocycles. The molecule has 38 heavy (non-hydrogen) atoms. The number of piperazine rings is 1. The van der Waals surface area contributed by atoms with Crippen LogP contribution in [0.4, 0.5) is 15.9 Å². The number of anilines is 2. The Hall–Kier alpha value is -3.48. The first-order chi connectivity index (χ1) is 18.6. The fourth-order valence-electron chi connectivity index (χ4n) is 6.06. The lowest BCUT2D eigenvalue weighted by molar-refractivity contribution is 0.187. The summed E-state index contributed by atoms with van der Waals surface area (Å²) in [6.45, 7) is 5.50. The Balaban J connectivity index is 1.32. The maximum Gasteiger partial charge on any atom is 0.318 e. The monoisotopic (exact) mass is 515 g/mol. The number of nitrogens with zero attached hydrogens (tertiary/aromatic N) is 6. The zero-order valence-corrected chi connectivity index (χ0v) is 21.9. The van der Waals surface area contributed by atoms with E-state index in [0.717, 1.165) is 79.1 Å². The first-order valence-corrected chi connectivity index (χ1v) is 13.6. The number of fused-ring (bicyclic) bond motifs is 2. The maximum atomic E-state index is 13.9. The smallest absolute Gasteiger partial charge is 0.318 e. The summed E-state index contributed by atoms with van der Waals surface area (Å²) in [5, 5.41) is 14.6. The van der Waals surface area contributed by atoms with Crippen molar-refractivity contribution in [3.63, 3.8) is 0 Å². The minimum atomic E-state index is -0.226. The summed E-state index contributed by atoms with van der Waals surface area (Å²) < 4.78 is 20.1. The standard InChI is InChI=1S/C29H34FN7O/c1-35-13-3-5-23(35)19-38-29-33-26-18-36(27-6-2-4-20-16-21(30)7-8-24(20)27)14-10-25(26)28(34-29)37-15-12-32-22(17-37)9-11-31/h2,4,6-8,16,22-23,32H,3,5,9-10,12-15,17-19H2,1H3/t22?,23-/m0/s1. The summed E-state index contributed by atoms with van der Waals surface area (Å²) in [7, 11) is 2.14. The molecule has 9 heteroatoms. The van der Waals surface area contributed by atoms with Crippen LogP contribution < -0.4 is 19.9 Å². The minimum absolute atomic E-state index is 0.118. The predicted molar refractivity (Wildman–Crippen MR) is 146 cm³/mol. The molecular weight excluding hydrogens is 481 g/mol. The van der Waals surface area contributed by atoms with E-state index in [4.69, 9.17) is 14.7 Å². The van der Waals surface area contributed by atoms with Crippen molar-refractivity contribution in [1.29, 1.82) is 5.26 Å². The van der Waals surface area contributed by atoms with Gasteiger partial charge in [0.15, 0.2) is 0 Å². The van der Waals surface area contributed by atoms with Crippen LogP contribution in [0, 0.1) is 17.1 Å². The molecule has 6 rings (SSSR count). The molecule has 0 spiro atoms. The Morgan fingerprint density at radius 2 is 2.08 bits per heavy atom. The zero-order valence-electron chi connectivity index (χ0n) is 21.9. The summed E-state index contributed by atoms with van der Waals surface area (Å²) in [6, 6.07) is 14.2. The van der Waals surface area contributed by atoms with E-state index in [2.05, 4.69) is 39.2 Å². The van der Waals surface area contributed by atoms with Gasteiger partial charge in [-0.1, -0.05) is 12.1 Å². The van der Waals surface area contributed by atoms with Crippen molar-refractivity contribution >= 4 is 22.3 Å². The molecule has 2 fully saturated rings. The van der Waals surface area contributed by atoms with Crippen LogP contribution >= 0.6 is 0 Å². The van der Waals surface area contributed by atoms with Gasteiger partial charge >= 0.3 is 6.01 Å². The molecule has 1 aromatic heterocycles. The van der Waals surface area contributed by atoms with Crippen molar-refractivity contribution in [3.05, 3.63) is 53.5 Å². The Bertz CT molecular complexity index is 1360. The Morgan fingerprint density at radius 1 is 1.16 bits per heavy atom. The van der Waals surface area contributed by atoms with E-state index in [-0.39, 0.29) is 11.9 Å². The molecule has 0 bridgehead atoms. The molecule has 8 nitrogen and oxygen atoms in total. The van der Waals surface area contributed by atoms with Gasteiger partial charge in [-0.3, -0.25) is 0 Å². The van der Waals surface area contributed by atoms with E-state index < -0.39 is 0 Å². The number of hydrogen-bond donors (Lipinski definition) is 1. The minimum Gasteiger partial charge on any atom is -0.462 e. The molecule has 1 unspecified atom stereocenters. The van der Waals surface area contributed by atoms with E-state index in [1.807, 2.05) is 18.2 Å². The number of benzene rings is 2. The average Bonchev–Trinajstić information content (AvgIpc) is 3.35. The van der Waals surface area contributed by atoms with Gasteiger partial charge in [0.2, 0.25) is 0 Å². The van der Waals surface area contributed by atoms with Gasteiger partial charge in [-0.05, 0) is 62.5 Å². The summed E-state index contributed by atoms with van der Waals surface area (Å²) in [5.41, 5.74) is 3.22. The lowest BCUT2D eigenvalue weighted by Crippen LogP contribution is -2.51. The van der Waals surface area contributed by atoms with E-state index in [1.165, 1.54) is 12.5 Å². The van der Waals surface area contributed by atoms with Gasteiger partial charge in [-0.15, -0.1) is 0 Å². The summed E-state index contributed by atoms with van der Waals surface area (Å²) in [5.74, 6) is 0.713. The highest BCUT2D eigenvalue weighted by molar-refractivity contribution is 5.94. The fourth-order valence-corrected chi connectivity index (χ4v) is 6.06. The van der Waals surface area contributed by atoms with Crippen LogP contribution in [0.3, 0.4) is 0 Å². The Kier molecular flexibility index (Phi) is 7.00. The fraction of sp³-hybridized carbons (Fsp3) is 0.483. The molecular formula is C29H34FN7O. The van der Waals surface area contributed by atoms with Crippen LogP contribution in [0.25, 0.3) is 10.8 Å². The van der Waals surface area contributed by atoms with Crippen molar-refractivity contribution in [2.24, 2.45) is 0 Å². The predicted octanol–water partition coefficient (Wildman–Crippen LogP) is 3.50. The third-order valence-electron chi connectivity index (χ3n) is 8.15. The molecule has 3 aromatic rings. The molecule has 2 aromatic carbocycles. The van der Waals surface area contributed by atoms with E-state index in [1.54, 1.807) is 6.07 Å². The number of ether oxygens (including phenoxy) is 1. The number of nitriles is 1. The van der Waals surface area contributed by atoms with Crippen LogP contribution in [0.15, 0.2) is 36.4 Å². The third kappa shape index (κ3) is 4.98. The van der Waals surface area contributed by atoms with Gasteiger partial charge in [-0.25, -0.2) is 4.39 Å². The lowest BCUT2D eigenvalue weighted by Gasteiger charge is -2.37. The van der Waals surface area contributed by atoms with Gasteiger partial charge in [0.05, 0.1) is 24.7 Å². The van der Waals surface area contributed by atoms with Gasteiger partial charge < -0.3 is 24.8 Å². The highest BCUT2D eigenvalue weighted by atomic mass is 19.1. The topological polar surface area (TPSA) is 80.5 Å². The number of likely N-dealkylation sites (tertiary alicyclic amines) is 1. The Morgan fingerprint density at radius 3 is 2.92 bits per heavy atom. The quantitative estimate of drug-likeness (QED) is 0.535. The first kappa shape index (κ1) is 24.8. The molecule has 1 N–H and O–H groups in total. The molecule has 198 valence electrons. The van der Waals surface area contributed by atoms with E-state index in [9.17, 15) is 9.65 Å². The average molecular weight is 516 g/mol. The number of hydrogen-bond acceptors (Lipinski definition) is 8. The van der Waals surface area contributed by atoms with E-state index in [0.29, 0.717) is 31.6 Å². The van der Waals surface area contributed by atoms with Crippen molar-refractivity contribution in [3.8, 4) is 12.1 Å². The van der Waals surface area contributed by atoms with Crippen LogP contribution in [-0.4, -0.2) is 73.3 Å². The van der Waals surface area contributed by atoms with Crippen LogP contribution in [0.2, 0.25) is 0 Å². The normalized spacial score (nSPS) is 21.9. The zero-order chi connectivity index (χ0) is 26.1. The Labute approximate surface area is 223 Å². The maximum absolute atomic E-state index is 13.9. The largest absolute Gasteiger partial charge is 0.462 e. The van der Waals surface area contributed by atoms with Crippen molar-refractivity contribution in [2.45, 2.75) is 44.3 Å². The summed E-state index contributed by atoms with van der Waals surface area (Å²) >= 11 is 0. The lowest BCUT2D eigenvalue weighted by atomic mass is 10.0. The molecule has 3 aliphatic rings. The van der Waals surface area contributed by atoms with Gasteiger partial charge in [0, 0.05) is 54.9 Å². The highest BCUT2D eigenvalue weighted by Crippen LogP contribution is 2.34. The molecule has 0 amide bonds. The first-order valence-electron chi connectivity index (χ1n) is 13.6. The second-order valence-electron chi connectivity index (χ2n) is 10.6. The van der Waals surface area contributed by atoms with Crippen LogP contribution in [0.1, 0.15) is 30.5 Å². The van der Waals surface area contributed by atoms with Crippen molar-refractivity contribution in [2.75, 3.05) is 56.2 Å².